The molecule has 2 saturated heterocycles. The van der Waals surface area contributed by atoms with Gasteiger partial charge in [0.05, 0.1) is 30.8 Å². The lowest BCUT2D eigenvalue weighted by molar-refractivity contribution is 0.102. The highest BCUT2D eigenvalue weighted by Gasteiger charge is 2.21. The van der Waals surface area contributed by atoms with Gasteiger partial charge in [-0.3, -0.25) is 9.89 Å². The summed E-state index contributed by atoms with van der Waals surface area (Å²) in [5.41, 5.74) is 4.38. The lowest BCUT2D eigenvalue weighted by atomic mass is 10.2. The third-order valence-electron chi connectivity index (χ3n) is 5.53. The molecule has 8 nitrogen and oxygen atoms in total. The van der Waals surface area contributed by atoms with Gasteiger partial charge in [0.2, 0.25) is 0 Å². The van der Waals surface area contributed by atoms with Gasteiger partial charge in [-0.15, -0.1) is 11.3 Å². The summed E-state index contributed by atoms with van der Waals surface area (Å²) in [7, 11) is 0. The monoisotopic (exact) mass is 424 g/mol. The van der Waals surface area contributed by atoms with Gasteiger partial charge in [-0.1, -0.05) is 0 Å². The second-order valence-electron chi connectivity index (χ2n) is 7.47. The fourth-order valence-corrected chi connectivity index (χ4v) is 4.71. The molecule has 2 fully saturated rings. The van der Waals surface area contributed by atoms with Crippen molar-refractivity contribution in [2.75, 3.05) is 54.5 Å². The fourth-order valence-electron chi connectivity index (χ4n) is 3.93. The van der Waals surface area contributed by atoms with Crippen molar-refractivity contribution in [3.8, 4) is 10.6 Å². The summed E-state index contributed by atoms with van der Waals surface area (Å²) in [6.45, 7) is 5.30. The van der Waals surface area contributed by atoms with Crippen LogP contribution in [0.15, 0.2) is 36.0 Å². The molecule has 2 aliphatic rings. The van der Waals surface area contributed by atoms with E-state index in [9.17, 15) is 4.79 Å². The number of hydrogen-bond acceptors (Lipinski definition) is 7. The van der Waals surface area contributed by atoms with Crippen LogP contribution in [0.1, 0.15) is 23.3 Å². The van der Waals surface area contributed by atoms with E-state index < -0.39 is 0 Å². The molecule has 2 aliphatic heterocycles. The summed E-state index contributed by atoms with van der Waals surface area (Å²) in [6, 6.07) is 6.29. The zero-order chi connectivity index (χ0) is 20.3. The number of rotatable bonds is 5. The number of thiazole rings is 1. The molecule has 1 amide bonds. The van der Waals surface area contributed by atoms with E-state index in [1.807, 2.05) is 6.07 Å². The van der Waals surface area contributed by atoms with Crippen LogP contribution in [0, 0.1) is 0 Å². The molecule has 156 valence electrons. The van der Waals surface area contributed by atoms with Crippen LogP contribution in [-0.2, 0) is 4.74 Å². The topological polar surface area (TPSA) is 86.4 Å². The molecule has 3 aromatic rings. The van der Waals surface area contributed by atoms with Crippen molar-refractivity contribution in [1.29, 1.82) is 0 Å². The third-order valence-corrected chi connectivity index (χ3v) is 6.43. The van der Waals surface area contributed by atoms with E-state index in [0.717, 1.165) is 61.3 Å². The standard InChI is InChI=1S/C21H24N6O2S/c28-20(18-14-30-21(25-18)15-12-22-23-13-15)24-17-4-3-16(26-7-9-29-10-8-26)11-19(17)27-5-1-2-6-27/h3-4,11-14H,1-2,5-10H2,(H,22,23)(H,24,28). The molecule has 30 heavy (non-hydrogen) atoms. The molecule has 0 unspecified atom stereocenters. The maximum absolute atomic E-state index is 12.9. The highest BCUT2D eigenvalue weighted by Crippen LogP contribution is 2.34. The van der Waals surface area contributed by atoms with Crippen molar-refractivity contribution in [3.63, 3.8) is 0 Å². The van der Waals surface area contributed by atoms with E-state index in [1.54, 1.807) is 17.8 Å². The number of carbonyl (C=O) groups excluding carboxylic acids is 1. The van der Waals surface area contributed by atoms with Crippen molar-refractivity contribution in [1.82, 2.24) is 15.2 Å². The van der Waals surface area contributed by atoms with Crippen molar-refractivity contribution in [2.24, 2.45) is 0 Å². The minimum absolute atomic E-state index is 0.194. The number of aromatic amines is 1. The first-order valence-electron chi connectivity index (χ1n) is 10.3. The number of hydrogen-bond donors (Lipinski definition) is 2. The Morgan fingerprint density at radius 2 is 1.97 bits per heavy atom. The smallest absolute Gasteiger partial charge is 0.275 e. The second-order valence-corrected chi connectivity index (χ2v) is 8.33. The van der Waals surface area contributed by atoms with Gasteiger partial charge < -0.3 is 19.9 Å². The minimum Gasteiger partial charge on any atom is -0.378 e. The molecular formula is C21H24N6O2S. The number of amides is 1. The largest absolute Gasteiger partial charge is 0.378 e. The Bertz CT molecular complexity index is 1010. The van der Waals surface area contributed by atoms with Crippen molar-refractivity contribution in [2.45, 2.75) is 12.8 Å². The van der Waals surface area contributed by atoms with E-state index in [4.69, 9.17) is 4.74 Å². The molecular weight excluding hydrogens is 400 g/mol. The van der Waals surface area contributed by atoms with Crippen LogP contribution < -0.4 is 15.1 Å². The highest BCUT2D eigenvalue weighted by molar-refractivity contribution is 7.13. The van der Waals surface area contributed by atoms with Gasteiger partial charge in [0.1, 0.15) is 10.7 Å². The Balaban J connectivity index is 1.39. The summed E-state index contributed by atoms with van der Waals surface area (Å²) < 4.78 is 5.48. The molecule has 0 saturated carbocycles. The normalized spacial score (nSPS) is 16.8. The number of benzene rings is 1. The van der Waals surface area contributed by atoms with E-state index >= 15 is 0 Å². The quantitative estimate of drug-likeness (QED) is 0.654. The predicted octanol–water partition coefficient (Wildman–Crippen LogP) is 3.22. The van der Waals surface area contributed by atoms with Crippen molar-refractivity contribution < 1.29 is 9.53 Å². The molecule has 0 spiro atoms. The Labute approximate surface area is 178 Å². The van der Waals surface area contributed by atoms with Gasteiger partial charge in [-0.25, -0.2) is 4.98 Å². The van der Waals surface area contributed by atoms with E-state index in [-0.39, 0.29) is 5.91 Å². The number of anilines is 3. The molecule has 0 radical (unpaired) electrons. The summed E-state index contributed by atoms with van der Waals surface area (Å²) in [6.07, 6.45) is 5.83. The first kappa shape index (κ1) is 19.1. The Kier molecular flexibility index (Phi) is 5.37. The number of carbonyl (C=O) groups is 1. The lowest BCUT2D eigenvalue weighted by Crippen LogP contribution is -2.36. The van der Waals surface area contributed by atoms with Crippen LogP contribution in [0.3, 0.4) is 0 Å². The number of nitrogens with zero attached hydrogens (tertiary/aromatic N) is 4. The van der Waals surface area contributed by atoms with Crippen LogP contribution in [0.4, 0.5) is 17.1 Å². The molecule has 2 aromatic heterocycles. The van der Waals surface area contributed by atoms with Crippen LogP contribution in [0.2, 0.25) is 0 Å². The highest BCUT2D eigenvalue weighted by atomic mass is 32.1. The van der Waals surface area contributed by atoms with Crippen LogP contribution in [0.5, 0.6) is 0 Å². The summed E-state index contributed by atoms with van der Waals surface area (Å²) >= 11 is 1.44. The maximum atomic E-state index is 12.9. The zero-order valence-electron chi connectivity index (χ0n) is 16.6. The molecule has 1 aromatic carbocycles. The predicted molar refractivity (Wildman–Crippen MR) is 119 cm³/mol. The second kappa shape index (κ2) is 8.45. The minimum atomic E-state index is -0.194. The lowest BCUT2D eigenvalue weighted by Gasteiger charge is -2.31. The molecule has 9 heteroatoms. The summed E-state index contributed by atoms with van der Waals surface area (Å²) in [5.74, 6) is -0.194. The SMILES string of the molecule is O=C(Nc1ccc(N2CCOCC2)cc1N1CCCC1)c1csc(-c2cn[nH]c2)n1. The number of H-pyrrole nitrogens is 1. The van der Waals surface area contributed by atoms with E-state index in [1.165, 1.54) is 29.9 Å². The molecule has 0 aliphatic carbocycles. The molecule has 5 rings (SSSR count). The number of aromatic nitrogens is 3. The van der Waals surface area contributed by atoms with E-state index in [2.05, 4.69) is 42.4 Å². The molecule has 2 N–H and O–H groups in total. The fraction of sp³-hybridized carbons (Fsp3) is 0.381. The van der Waals surface area contributed by atoms with Crippen LogP contribution >= 0.6 is 11.3 Å². The Hall–Kier alpha value is -2.91. The Morgan fingerprint density at radius 3 is 2.73 bits per heavy atom. The van der Waals surface area contributed by atoms with Crippen molar-refractivity contribution in [3.05, 3.63) is 41.7 Å². The number of nitrogens with one attached hydrogen (secondary N) is 2. The van der Waals surface area contributed by atoms with Gasteiger partial charge in [0, 0.05) is 49.0 Å². The number of morpholine rings is 1. The summed E-state index contributed by atoms with van der Waals surface area (Å²) in [4.78, 5) is 22.1. The third kappa shape index (κ3) is 3.90. The summed E-state index contributed by atoms with van der Waals surface area (Å²) in [5, 5.41) is 12.4. The van der Waals surface area contributed by atoms with Gasteiger partial charge in [0.15, 0.2) is 0 Å². The Morgan fingerprint density at radius 1 is 1.13 bits per heavy atom. The van der Waals surface area contributed by atoms with Crippen LogP contribution in [-0.4, -0.2) is 60.5 Å². The van der Waals surface area contributed by atoms with E-state index in [0.29, 0.717) is 5.69 Å². The van der Waals surface area contributed by atoms with Gasteiger partial charge >= 0.3 is 0 Å². The average molecular weight is 425 g/mol. The van der Waals surface area contributed by atoms with Gasteiger partial charge in [-0.05, 0) is 31.0 Å². The van der Waals surface area contributed by atoms with Crippen molar-refractivity contribution >= 4 is 34.3 Å². The van der Waals surface area contributed by atoms with Crippen LogP contribution in [0.25, 0.3) is 10.6 Å². The first-order chi connectivity index (χ1) is 14.8. The maximum Gasteiger partial charge on any atom is 0.275 e. The molecule has 0 bridgehead atoms. The van der Waals surface area contributed by atoms with Gasteiger partial charge in [-0.2, -0.15) is 5.10 Å². The molecule has 4 heterocycles. The zero-order valence-corrected chi connectivity index (χ0v) is 17.5. The first-order valence-corrected chi connectivity index (χ1v) is 11.1. The number of ether oxygens (including phenoxy) is 1. The van der Waals surface area contributed by atoms with Gasteiger partial charge in [0.25, 0.3) is 5.91 Å². The average Bonchev–Trinajstić information content (AvgIpc) is 3.57. The molecule has 0 atom stereocenters.